The maximum atomic E-state index is 12.7. The van der Waals surface area contributed by atoms with Crippen LogP contribution in [0, 0.1) is 13.8 Å². The number of imidazole rings is 2. The first kappa shape index (κ1) is 14.9. The Labute approximate surface area is 140 Å². The van der Waals surface area contributed by atoms with Crippen molar-refractivity contribution in [1.29, 1.82) is 0 Å². The van der Waals surface area contributed by atoms with Crippen LogP contribution in [0.5, 0.6) is 0 Å². The van der Waals surface area contributed by atoms with Gasteiger partial charge in [0.25, 0.3) is 0 Å². The van der Waals surface area contributed by atoms with Crippen molar-refractivity contribution in [1.82, 2.24) is 24.3 Å². The molecule has 0 saturated heterocycles. The van der Waals surface area contributed by atoms with Crippen molar-refractivity contribution < 1.29 is 4.79 Å². The zero-order valence-corrected chi connectivity index (χ0v) is 14.0. The lowest BCUT2D eigenvalue weighted by molar-refractivity contribution is -0.123. The molecule has 1 N–H and O–H groups in total. The van der Waals surface area contributed by atoms with Crippen LogP contribution in [-0.4, -0.2) is 24.8 Å². The van der Waals surface area contributed by atoms with Gasteiger partial charge in [-0.25, -0.2) is 9.97 Å². The summed E-state index contributed by atoms with van der Waals surface area (Å²) in [4.78, 5) is 21.7. The van der Waals surface area contributed by atoms with Gasteiger partial charge in [-0.15, -0.1) is 0 Å². The van der Waals surface area contributed by atoms with E-state index in [1.54, 1.807) is 0 Å². The van der Waals surface area contributed by atoms with Gasteiger partial charge in [-0.2, -0.15) is 0 Å². The third-order valence-electron chi connectivity index (χ3n) is 4.85. The standard InChI is InChI=1S/C18H21N5O/c1-12-10-19-17-14(6-5-9-22(12)17)18(24)20-11-15-13(2)21-16-7-3-4-8-23(15)16/h3-4,7-8,10,14H,5-6,9,11H2,1-2H3,(H,20,24). The van der Waals surface area contributed by atoms with Crippen molar-refractivity contribution in [2.45, 2.75) is 45.7 Å². The molecule has 0 saturated carbocycles. The zero-order chi connectivity index (χ0) is 16.7. The zero-order valence-electron chi connectivity index (χ0n) is 14.0. The second kappa shape index (κ2) is 5.78. The number of rotatable bonds is 3. The lowest BCUT2D eigenvalue weighted by Crippen LogP contribution is -2.33. The second-order valence-electron chi connectivity index (χ2n) is 6.39. The second-order valence-corrected chi connectivity index (χ2v) is 6.39. The number of nitrogens with zero attached hydrogens (tertiary/aromatic N) is 4. The van der Waals surface area contributed by atoms with Crippen molar-refractivity contribution in [2.75, 3.05) is 0 Å². The number of hydrogen-bond donors (Lipinski definition) is 1. The van der Waals surface area contributed by atoms with Gasteiger partial charge in [0.2, 0.25) is 5.91 Å². The van der Waals surface area contributed by atoms with E-state index >= 15 is 0 Å². The average Bonchev–Trinajstić information content (AvgIpc) is 3.12. The Kier molecular flexibility index (Phi) is 3.59. The molecule has 0 aromatic carbocycles. The van der Waals surface area contributed by atoms with Crippen LogP contribution in [0.1, 0.15) is 41.7 Å². The van der Waals surface area contributed by atoms with Crippen LogP contribution >= 0.6 is 0 Å². The maximum absolute atomic E-state index is 12.7. The molecule has 4 heterocycles. The van der Waals surface area contributed by atoms with E-state index < -0.39 is 0 Å². The third-order valence-corrected chi connectivity index (χ3v) is 4.85. The largest absolute Gasteiger partial charge is 0.350 e. The molecule has 4 rings (SSSR count). The number of carbonyl (C=O) groups is 1. The van der Waals surface area contributed by atoms with Crippen LogP contribution in [0.15, 0.2) is 30.6 Å². The average molecular weight is 323 g/mol. The first-order chi connectivity index (χ1) is 11.6. The van der Waals surface area contributed by atoms with E-state index in [2.05, 4.69) is 19.9 Å². The monoisotopic (exact) mass is 323 g/mol. The number of pyridine rings is 1. The molecule has 1 amide bonds. The number of aryl methyl sites for hydroxylation is 2. The molecule has 0 radical (unpaired) electrons. The molecule has 3 aromatic heterocycles. The topological polar surface area (TPSA) is 64.2 Å². The van der Waals surface area contributed by atoms with Gasteiger partial charge < -0.3 is 14.3 Å². The van der Waals surface area contributed by atoms with Gasteiger partial charge in [0, 0.05) is 24.6 Å². The molecule has 0 bridgehead atoms. The molecule has 1 unspecified atom stereocenters. The van der Waals surface area contributed by atoms with E-state index in [1.165, 1.54) is 0 Å². The summed E-state index contributed by atoms with van der Waals surface area (Å²) in [6.45, 7) is 5.45. The summed E-state index contributed by atoms with van der Waals surface area (Å²) in [5.74, 6) is 0.782. The number of aromatic nitrogens is 4. The minimum atomic E-state index is -0.160. The number of fused-ring (bicyclic) bond motifs is 2. The minimum absolute atomic E-state index is 0.0480. The van der Waals surface area contributed by atoms with Crippen LogP contribution < -0.4 is 5.32 Å². The Balaban J connectivity index is 1.54. The number of amides is 1. The molecule has 1 atom stereocenters. The van der Waals surface area contributed by atoms with Crippen molar-refractivity contribution in [2.24, 2.45) is 0 Å². The summed E-state index contributed by atoms with van der Waals surface area (Å²) in [7, 11) is 0. The quantitative estimate of drug-likeness (QED) is 0.804. The summed E-state index contributed by atoms with van der Waals surface area (Å²) < 4.78 is 4.19. The number of carbonyl (C=O) groups excluding carboxylic acids is 1. The van der Waals surface area contributed by atoms with Crippen LogP contribution in [0.3, 0.4) is 0 Å². The van der Waals surface area contributed by atoms with Gasteiger partial charge in [-0.3, -0.25) is 4.79 Å². The Morgan fingerprint density at radius 3 is 3.12 bits per heavy atom. The molecule has 0 fully saturated rings. The molecule has 3 aromatic rings. The lowest BCUT2D eigenvalue weighted by Gasteiger charge is -2.23. The number of nitrogens with one attached hydrogen (secondary N) is 1. The molecule has 6 heteroatoms. The smallest absolute Gasteiger partial charge is 0.231 e. The molecule has 124 valence electrons. The normalized spacial score (nSPS) is 17.0. The molecule has 6 nitrogen and oxygen atoms in total. The summed E-state index contributed by atoms with van der Waals surface area (Å²) in [5.41, 5.74) is 4.00. The van der Waals surface area contributed by atoms with Gasteiger partial charge in [0.1, 0.15) is 11.5 Å². The van der Waals surface area contributed by atoms with Crippen molar-refractivity contribution >= 4 is 11.6 Å². The summed E-state index contributed by atoms with van der Waals surface area (Å²) >= 11 is 0. The summed E-state index contributed by atoms with van der Waals surface area (Å²) in [6, 6.07) is 5.91. The van der Waals surface area contributed by atoms with E-state index in [-0.39, 0.29) is 11.8 Å². The fourth-order valence-corrected chi connectivity index (χ4v) is 3.55. The Hall–Kier alpha value is -2.63. The van der Waals surface area contributed by atoms with Crippen molar-refractivity contribution in [3.05, 3.63) is 53.5 Å². The van der Waals surface area contributed by atoms with Crippen molar-refractivity contribution in [3.63, 3.8) is 0 Å². The predicted molar refractivity (Wildman–Crippen MR) is 90.7 cm³/mol. The van der Waals surface area contributed by atoms with E-state index in [4.69, 9.17) is 0 Å². The summed E-state index contributed by atoms with van der Waals surface area (Å²) in [6.07, 6.45) is 5.70. The van der Waals surface area contributed by atoms with Gasteiger partial charge in [-0.1, -0.05) is 6.07 Å². The van der Waals surface area contributed by atoms with Gasteiger partial charge in [-0.05, 0) is 38.8 Å². The molecular weight excluding hydrogens is 302 g/mol. The molecule has 1 aliphatic heterocycles. The predicted octanol–water partition coefficient (Wildman–Crippen LogP) is 2.34. The van der Waals surface area contributed by atoms with E-state index in [9.17, 15) is 4.79 Å². The first-order valence-corrected chi connectivity index (χ1v) is 8.37. The molecule has 0 spiro atoms. The fraction of sp³-hybridized carbons (Fsp3) is 0.389. The molecule has 0 aliphatic carbocycles. The van der Waals surface area contributed by atoms with Crippen LogP contribution in [-0.2, 0) is 17.9 Å². The van der Waals surface area contributed by atoms with E-state index in [0.29, 0.717) is 6.54 Å². The minimum Gasteiger partial charge on any atom is -0.350 e. The Morgan fingerprint density at radius 1 is 1.38 bits per heavy atom. The highest BCUT2D eigenvalue weighted by molar-refractivity contribution is 5.83. The third kappa shape index (κ3) is 2.38. The fourth-order valence-electron chi connectivity index (χ4n) is 3.55. The Bertz CT molecular complexity index is 907. The van der Waals surface area contributed by atoms with E-state index in [1.807, 2.05) is 48.8 Å². The van der Waals surface area contributed by atoms with Crippen LogP contribution in [0.2, 0.25) is 0 Å². The summed E-state index contributed by atoms with van der Waals surface area (Å²) in [5, 5.41) is 3.08. The highest BCUT2D eigenvalue weighted by Crippen LogP contribution is 2.27. The number of hydrogen-bond acceptors (Lipinski definition) is 3. The molecule has 1 aliphatic rings. The van der Waals surface area contributed by atoms with Crippen molar-refractivity contribution in [3.8, 4) is 0 Å². The lowest BCUT2D eigenvalue weighted by atomic mass is 9.98. The van der Waals surface area contributed by atoms with Crippen LogP contribution in [0.25, 0.3) is 5.65 Å². The van der Waals surface area contributed by atoms with Crippen LogP contribution in [0.4, 0.5) is 0 Å². The van der Waals surface area contributed by atoms with Gasteiger partial charge in [0.05, 0.1) is 23.9 Å². The highest BCUT2D eigenvalue weighted by atomic mass is 16.1. The van der Waals surface area contributed by atoms with Gasteiger partial charge >= 0.3 is 0 Å². The first-order valence-electron chi connectivity index (χ1n) is 8.37. The molecule has 24 heavy (non-hydrogen) atoms. The highest BCUT2D eigenvalue weighted by Gasteiger charge is 2.29. The Morgan fingerprint density at radius 2 is 2.25 bits per heavy atom. The van der Waals surface area contributed by atoms with Gasteiger partial charge in [0.15, 0.2) is 0 Å². The SMILES string of the molecule is Cc1nc2ccccn2c1CNC(=O)C1CCCn2c(C)cnc21. The molecular formula is C18H21N5O. The maximum Gasteiger partial charge on any atom is 0.231 e. The van der Waals surface area contributed by atoms with E-state index in [0.717, 1.165) is 47.9 Å².